The average Bonchev–Trinajstić information content (AvgIpc) is 2.50. The van der Waals surface area contributed by atoms with Crippen LogP contribution in [0.2, 0.25) is 0 Å². The third-order valence-electron chi connectivity index (χ3n) is 2.85. The van der Waals surface area contributed by atoms with Crippen LogP contribution in [-0.2, 0) is 14.1 Å². The van der Waals surface area contributed by atoms with Crippen LogP contribution in [0.25, 0.3) is 11.2 Å². The monoisotopic (exact) mass is 296 g/mol. The maximum atomic E-state index is 12.0. The number of aliphatic hydroxyl groups excluding tert-OH is 1. The van der Waals surface area contributed by atoms with Gasteiger partial charge in [0.25, 0.3) is 5.56 Å². The lowest BCUT2D eigenvalue weighted by atomic mass is 10.5. The fourth-order valence-corrected chi connectivity index (χ4v) is 1.72. The summed E-state index contributed by atoms with van der Waals surface area (Å²) in [5, 5.41) is 19.1. The number of aromatic nitrogens is 5. The van der Waals surface area contributed by atoms with E-state index in [2.05, 4.69) is 20.5 Å². The SMILES string of the molecule is Cn1c(=O)c2nc(OCCNCCO)nnc2n(C)c1=O. The minimum Gasteiger partial charge on any atom is -0.461 e. The molecule has 2 aromatic heterocycles. The molecule has 0 aliphatic rings. The van der Waals surface area contributed by atoms with Gasteiger partial charge in [0.05, 0.1) is 6.61 Å². The number of nitrogens with zero attached hydrogens (tertiary/aromatic N) is 5. The molecule has 10 nitrogen and oxygen atoms in total. The molecule has 2 aromatic rings. The number of ether oxygens (including phenoxy) is 1. The van der Waals surface area contributed by atoms with Gasteiger partial charge in [-0.1, -0.05) is 5.10 Å². The number of aryl methyl sites for hydroxylation is 1. The van der Waals surface area contributed by atoms with E-state index in [9.17, 15) is 9.59 Å². The normalized spacial score (nSPS) is 11.0. The van der Waals surface area contributed by atoms with Crippen LogP contribution in [-0.4, -0.2) is 55.7 Å². The highest BCUT2D eigenvalue weighted by Crippen LogP contribution is 2.04. The molecule has 0 fully saturated rings. The molecular formula is C11H16N6O4. The molecule has 0 aliphatic carbocycles. The highest BCUT2D eigenvalue weighted by Gasteiger charge is 2.13. The van der Waals surface area contributed by atoms with Crippen LogP contribution in [0, 0.1) is 0 Å². The first-order chi connectivity index (χ1) is 10.1. The second kappa shape index (κ2) is 6.41. The molecule has 0 amide bonds. The molecule has 0 bridgehead atoms. The Morgan fingerprint density at radius 1 is 1.19 bits per heavy atom. The summed E-state index contributed by atoms with van der Waals surface area (Å²) in [6, 6.07) is -0.0379. The van der Waals surface area contributed by atoms with Crippen LogP contribution in [0.5, 0.6) is 6.01 Å². The molecule has 0 saturated heterocycles. The van der Waals surface area contributed by atoms with Gasteiger partial charge in [-0.15, -0.1) is 5.10 Å². The third-order valence-corrected chi connectivity index (χ3v) is 2.85. The van der Waals surface area contributed by atoms with Crippen LogP contribution in [0.4, 0.5) is 0 Å². The Morgan fingerprint density at radius 2 is 1.95 bits per heavy atom. The molecule has 0 radical (unpaired) electrons. The van der Waals surface area contributed by atoms with Gasteiger partial charge >= 0.3 is 11.7 Å². The fraction of sp³-hybridized carbons (Fsp3) is 0.545. The molecule has 2 rings (SSSR count). The summed E-state index contributed by atoms with van der Waals surface area (Å²) in [6.07, 6.45) is 0. The Labute approximate surface area is 119 Å². The first-order valence-corrected chi connectivity index (χ1v) is 6.31. The van der Waals surface area contributed by atoms with E-state index < -0.39 is 11.2 Å². The lowest BCUT2D eigenvalue weighted by Crippen LogP contribution is -2.38. The Morgan fingerprint density at radius 3 is 2.67 bits per heavy atom. The van der Waals surface area contributed by atoms with E-state index in [1.165, 1.54) is 18.7 Å². The molecule has 0 aliphatic heterocycles. The van der Waals surface area contributed by atoms with Crippen LogP contribution in [0.3, 0.4) is 0 Å². The zero-order valence-electron chi connectivity index (χ0n) is 11.7. The molecule has 0 unspecified atom stereocenters. The minimum atomic E-state index is -0.550. The number of aliphatic hydroxyl groups is 1. The first-order valence-electron chi connectivity index (χ1n) is 6.31. The zero-order chi connectivity index (χ0) is 15.4. The molecule has 2 N–H and O–H groups in total. The summed E-state index contributed by atoms with van der Waals surface area (Å²) in [7, 11) is 2.85. The molecule has 10 heteroatoms. The highest BCUT2D eigenvalue weighted by atomic mass is 16.5. The van der Waals surface area contributed by atoms with Gasteiger partial charge in [-0.25, -0.2) is 4.79 Å². The zero-order valence-corrected chi connectivity index (χ0v) is 11.7. The van der Waals surface area contributed by atoms with Crippen molar-refractivity contribution in [3.05, 3.63) is 20.8 Å². The van der Waals surface area contributed by atoms with Crippen LogP contribution in [0.15, 0.2) is 9.59 Å². The topological polar surface area (TPSA) is 124 Å². The summed E-state index contributed by atoms with van der Waals surface area (Å²) in [5.74, 6) is 0. The Bertz CT molecular complexity index is 753. The molecule has 0 aromatic carbocycles. The van der Waals surface area contributed by atoms with Crippen molar-refractivity contribution in [3.63, 3.8) is 0 Å². The van der Waals surface area contributed by atoms with Gasteiger partial charge in [0.1, 0.15) is 6.61 Å². The molecule has 0 atom stereocenters. The number of fused-ring (bicyclic) bond motifs is 1. The predicted molar refractivity (Wildman–Crippen MR) is 73.3 cm³/mol. The number of hydrogen-bond acceptors (Lipinski definition) is 8. The van der Waals surface area contributed by atoms with Crippen molar-refractivity contribution in [2.24, 2.45) is 14.1 Å². The van der Waals surface area contributed by atoms with Crippen molar-refractivity contribution < 1.29 is 9.84 Å². The van der Waals surface area contributed by atoms with E-state index in [1.807, 2.05) is 0 Å². The quantitative estimate of drug-likeness (QED) is 0.555. The van der Waals surface area contributed by atoms with Crippen LogP contribution in [0.1, 0.15) is 0 Å². The highest BCUT2D eigenvalue weighted by molar-refractivity contribution is 5.67. The standard InChI is InChI=1S/C11H16N6O4/c1-16-8-7(9(19)17(2)11(16)20)13-10(15-14-8)21-6-4-12-3-5-18/h12,18H,3-6H2,1-2H3. The maximum Gasteiger partial charge on any atom is 0.336 e. The molecule has 2 heterocycles. The van der Waals surface area contributed by atoms with E-state index in [4.69, 9.17) is 9.84 Å². The number of nitrogens with one attached hydrogen (secondary N) is 1. The van der Waals surface area contributed by atoms with Crippen molar-refractivity contribution in [1.82, 2.24) is 29.6 Å². The molecule has 0 saturated carbocycles. The van der Waals surface area contributed by atoms with Gasteiger partial charge in [0.15, 0.2) is 11.2 Å². The van der Waals surface area contributed by atoms with E-state index in [1.54, 1.807) is 0 Å². The second-order valence-corrected chi connectivity index (χ2v) is 4.29. The van der Waals surface area contributed by atoms with Crippen LogP contribution < -0.4 is 21.3 Å². The number of hydrogen-bond donors (Lipinski definition) is 2. The molecule has 21 heavy (non-hydrogen) atoms. The Kier molecular flexibility index (Phi) is 4.60. The number of rotatable bonds is 6. The second-order valence-electron chi connectivity index (χ2n) is 4.29. The van der Waals surface area contributed by atoms with Gasteiger partial charge in [0, 0.05) is 27.2 Å². The van der Waals surface area contributed by atoms with Crippen LogP contribution >= 0.6 is 0 Å². The lowest BCUT2D eigenvalue weighted by molar-refractivity contribution is 0.266. The molecule has 0 spiro atoms. The maximum absolute atomic E-state index is 12.0. The lowest BCUT2D eigenvalue weighted by Gasteiger charge is -2.07. The molecular weight excluding hydrogens is 280 g/mol. The van der Waals surface area contributed by atoms with Crippen molar-refractivity contribution in [3.8, 4) is 6.01 Å². The van der Waals surface area contributed by atoms with E-state index in [0.717, 1.165) is 4.57 Å². The third kappa shape index (κ3) is 3.06. The summed E-state index contributed by atoms with van der Waals surface area (Å²) in [5.41, 5.74) is -0.918. The van der Waals surface area contributed by atoms with Crippen molar-refractivity contribution in [2.75, 3.05) is 26.3 Å². The predicted octanol–water partition coefficient (Wildman–Crippen LogP) is -2.62. The molecule has 114 valence electrons. The van der Waals surface area contributed by atoms with Gasteiger partial charge < -0.3 is 15.2 Å². The summed E-state index contributed by atoms with van der Waals surface area (Å²) in [4.78, 5) is 27.7. The van der Waals surface area contributed by atoms with E-state index in [-0.39, 0.29) is 30.4 Å². The summed E-state index contributed by atoms with van der Waals surface area (Å²) >= 11 is 0. The largest absolute Gasteiger partial charge is 0.461 e. The van der Waals surface area contributed by atoms with Crippen molar-refractivity contribution >= 4 is 11.2 Å². The summed E-state index contributed by atoms with van der Waals surface area (Å²) < 4.78 is 7.41. The van der Waals surface area contributed by atoms with Gasteiger partial charge in [-0.05, 0) is 0 Å². The minimum absolute atomic E-state index is 0.0212. The van der Waals surface area contributed by atoms with E-state index in [0.29, 0.717) is 13.1 Å². The van der Waals surface area contributed by atoms with Gasteiger partial charge in [-0.2, -0.15) is 4.98 Å². The summed E-state index contributed by atoms with van der Waals surface area (Å²) in [6.45, 7) is 1.26. The fourth-order valence-electron chi connectivity index (χ4n) is 1.72. The van der Waals surface area contributed by atoms with Gasteiger partial charge in [-0.3, -0.25) is 13.9 Å². The van der Waals surface area contributed by atoms with Crippen molar-refractivity contribution in [2.45, 2.75) is 0 Å². The average molecular weight is 296 g/mol. The van der Waals surface area contributed by atoms with Gasteiger partial charge in [0.2, 0.25) is 0 Å². The van der Waals surface area contributed by atoms with E-state index >= 15 is 0 Å². The van der Waals surface area contributed by atoms with Crippen molar-refractivity contribution in [1.29, 1.82) is 0 Å². The smallest absolute Gasteiger partial charge is 0.336 e. The first kappa shape index (κ1) is 15.1. The Hall–Kier alpha value is -2.33. The Balaban J connectivity index is 2.26.